The van der Waals surface area contributed by atoms with Crippen LogP contribution in [0.25, 0.3) is 0 Å². The van der Waals surface area contributed by atoms with Crippen molar-refractivity contribution in [3.05, 3.63) is 28.8 Å². The maximum atomic E-state index is 12.0. The molecule has 0 radical (unpaired) electrons. The lowest BCUT2D eigenvalue weighted by Crippen LogP contribution is -2.43. The van der Waals surface area contributed by atoms with Crippen LogP contribution in [-0.2, 0) is 19.6 Å². The smallest absolute Gasteiger partial charge is 0.322 e. The number of carbonyl (C=O) groups is 2. The van der Waals surface area contributed by atoms with E-state index in [2.05, 4.69) is 0 Å². The Labute approximate surface area is 125 Å². The molecule has 0 aliphatic heterocycles. The summed E-state index contributed by atoms with van der Waals surface area (Å²) in [4.78, 5) is 21.3. The number of sulfonamides is 1. The second-order valence-electron chi connectivity index (χ2n) is 3.94. The largest absolute Gasteiger partial charge is 0.480 e. The summed E-state index contributed by atoms with van der Waals surface area (Å²) in [7, 11) is -4.23. The molecule has 1 unspecified atom stereocenters. The highest BCUT2D eigenvalue weighted by molar-refractivity contribution is 7.89. The number of benzene rings is 1. The number of carboxylic acids is 1. The second kappa shape index (κ2) is 6.53. The van der Waals surface area contributed by atoms with E-state index in [1.807, 2.05) is 4.72 Å². The van der Waals surface area contributed by atoms with E-state index in [0.717, 1.165) is 12.1 Å². The molecule has 112 valence electrons. The van der Waals surface area contributed by atoms with Gasteiger partial charge in [0.2, 0.25) is 15.9 Å². The monoisotopic (exact) mass is 331 g/mol. The van der Waals surface area contributed by atoms with Crippen molar-refractivity contribution in [2.75, 3.05) is 0 Å². The number of halogens is 1. The first kappa shape index (κ1) is 16.9. The van der Waals surface area contributed by atoms with E-state index in [-0.39, 0.29) is 15.5 Å². The van der Waals surface area contributed by atoms with Gasteiger partial charge in [-0.3, -0.25) is 9.59 Å². The number of nitriles is 1. The summed E-state index contributed by atoms with van der Waals surface area (Å²) < 4.78 is 25.9. The third-order valence-electron chi connectivity index (χ3n) is 2.37. The lowest BCUT2D eigenvalue weighted by molar-refractivity contribution is -0.140. The number of primary amides is 1. The number of hydrogen-bond donors (Lipinski definition) is 3. The molecule has 1 amide bonds. The number of amides is 1. The number of carbonyl (C=O) groups excluding carboxylic acids is 1. The number of nitrogens with two attached hydrogens (primary N) is 1. The van der Waals surface area contributed by atoms with E-state index < -0.39 is 34.4 Å². The molecule has 8 nitrogen and oxygen atoms in total. The molecule has 0 aromatic heterocycles. The minimum Gasteiger partial charge on any atom is -0.480 e. The zero-order valence-corrected chi connectivity index (χ0v) is 12.0. The Morgan fingerprint density at radius 3 is 2.52 bits per heavy atom. The van der Waals surface area contributed by atoms with Crippen LogP contribution in [-0.4, -0.2) is 31.4 Å². The Bertz CT molecular complexity index is 726. The van der Waals surface area contributed by atoms with Gasteiger partial charge in [0, 0.05) is 0 Å². The average molecular weight is 332 g/mol. The lowest BCUT2D eigenvalue weighted by Gasteiger charge is -2.13. The predicted octanol–water partition coefficient (Wildman–Crippen LogP) is -0.181. The van der Waals surface area contributed by atoms with Crippen molar-refractivity contribution in [2.45, 2.75) is 17.4 Å². The van der Waals surface area contributed by atoms with Gasteiger partial charge in [-0.15, -0.1) is 0 Å². The van der Waals surface area contributed by atoms with Crippen LogP contribution in [0.2, 0.25) is 5.02 Å². The van der Waals surface area contributed by atoms with Gasteiger partial charge in [-0.05, 0) is 18.2 Å². The lowest BCUT2D eigenvalue weighted by atomic mass is 10.2. The topological polar surface area (TPSA) is 150 Å². The molecule has 0 saturated heterocycles. The van der Waals surface area contributed by atoms with Gasteiger partial charge in [-0.25, -0.2) is 8.42 Å². The molecule has 0 aliphatic carbocycles. The van der Waals surface area contributed by atoms with Gasteiger partial charge in [0.1, 0.15) is 12.1 Å². The van der Waals surface area contributed by atoms with Crippen molar-refractivity contribution in [3.63, 3.8) is 0 Å². The zero-order valence-electron chi connectivity index (χ0n) is 10.4. The third-order valence-corrected chi connectivity index (χ3v) is 4.15. The summed E-state index contributed by atoms with van der Waals surface area (Å²) in [6, 6.07) is 3.34. The Balaban J connectivity index is 3.10. The Morgan fingerprint density at radius 2 is 2.10 bits per heavy atom. The maximum Gasteiger partial charge on any atom is 0.322 e. The fourth-order valence-corrected chi connectivity index (χ4v) is 2.89. The molecular formula is C11H10ClN3O5S. The molecule has 10 heteroatoms. The van der Waals surface area contributed by atoms with Crippen LogP contribution >= 0.6 is 11.6 Å². The van der Waals surface area contributed by atoms with E-state index in [9.17, 15) is 18.0 Å². The summed E-state index contributed by atoms with van der Waals surface area (Å²) in [5, 5.41) is 17.5. The highest BCUT2D eigenvalue weighted by Gasteiger charge is 2.27. The third kappa shape index (κ3) is 4.42. The summed E-state index contributed by atoms with van der Waals surface area (Å²) in [6.45, 7) is 0. The number of rotatable bonds is 6. The standard InChI is InChI=1S/C11H10ClN3O5S/c12-8-3-7(2-1-6(8)5-13)21(19,20)15-9(11(17)18)4-10(14)16/h1-3,9,15H,4H2,(H2,14,16)(H,17,18). The van der Waals surface area contributed by atoms with Crippen LogP contribution in [0.4, 0.5) is 0 Å². The van der Waals surface area contributed by atoms with E-state index in [4.69, 9.17) is 27.7 Å². The first-order valence-electron chi connectivity index (χ1n) is 5.40. The van der Waals surface area contributed by atoms with E-state index in [1.165, 1.54) is 6.07 Å². The molecule has 0 bridgehead atoms. The fraction of sp³-hybridized carbons (Fsp3) is 0.182. The van der Waals surface area contributed by atoms with Gasteiger partial charge in [0.15, 0.2) is 0 Å². The highest BCUT2D eigenvalue weighted by Crippen LogP contribution is 2.20. The molecule has 1 atom stereocenters. The van der Waals surface area contributed by atoms with Crippen molar-refractivity contribution in [3.8, 4) is 6.07 Å². The van der Waals surface area contributed by atoms with Crippen molar-refractivity contribution in [2.24, 2.45) is 5.73 Å². The van der Waals surface area contributed by atoms with Crippen LogP contribution in [0, 0.1) is 11.3 Å². The minimum atomic E-state index is -4.23. The van der Waals surface area contributed by atoms with Gasteiger partial charge in [-0.2, -0.15) is 9.98 Å². The molecule has 4 N–H and O–H groups in total. The van der Waals surface area contributed by atoms with Gasteiger partial charge < -0.3 is 10.8 Å². The van der Waals surface area contributed by atoms with Crippen LogP contribution in [0.3, 0.4) is 0 Å². The molecular weight excluding hydrogens is 322 g/mol. The van der Waals surface area contributed by atoms with Gasteiger partial charge >= 0.3 is 5.97 Å². The Hall–Kier alpha value is -2.15. The molecule has 1 aromatic rings. The maximum absolute atomic E-state index is 12.0. The van der Waals surface area contributed by atoms with Crippen molar-refractivity contribution < 1.29 is 23.1 Å². The van der Waals surface area contributed by atoms with Crippen molar-refractivity contribution in [1.82, 2.24) is 4.72 Å². The van der Waals surface area contributed by atoms with Crippen LogP contribution in [0.5, 0.6) is 0 Å². The van der Waals surface area contributed by atoms with Gasteiger partial charge in [0.05, 0.1) is 21.9 Å². The SMILES string of the molecule is N#Cc1ccc(S(=O)(=O)NC(CC(N)=O)C(=O)O)cc1Cl. The summed E-state index contributed by atoms with van der Waals surface area (Å²) in [5.74, 6) is -2.51. The summed E-state index contributed by atoms with van der Waals surface area (Å²) >= 11 is 5.71. The van der Waals surface area contributed by atoms with Gasteiger partial charge in [-0.1, -0.05) is 11.6 Å². The number of carboxylic acid groups (broad SMARTS) is 1. The summed E-state index contributed by atoms with van der Waals surface area (Å²) in [6.07, 6.45) is -0.696. The molecule has 1 rings (SSSR count). The van der Waals surface area contributed by atoms with Crippen molar-refractivity contribution in [1.29, 1.82) is 5.26 Å². The van der Waals surface area contributed by atoms with E-state index in [1.54, 1.807) is 6.07 Å². The number of nitrogens with one attached hydrogen (secondary N) is 1. The predicted molar refractivity (Wildman–Crippen MR) is 71.7 cm³/mol. The molecule has 0 heterocycles. The molecule has 21 heavy (non-hydrogen) atoms. The fourth-order valence-electron chi connectivity index (χ4n) is 1.39. The summed E-state index contributed by atoms with van der Waals surface area (Å²) in [5.41, 5.74) is 4.93. The molecule has 0 spiro atoms. The number of nitrogens with zero attached hydrogens (tertiary/aromatic N) is 1. The average Bonchev–Trinajstić information content (AvgIpc) is 2.36. The molecule has 0 fully saturated rings. The van der Waals surface area contributed by atoms with E-state index >= 15 is 0 Å². The van der Waals surface area contributed by atoms with Crippen LogP contribution in [0.1, 0.15) is 12.0 Å². The normalized spacial score (nSPS) is 12.4. The molecule has 0 saturated carbocycles. The van der Waals surface area contributed by atoms with Gasteiger partial charge in [0.25, 0.3) is 0 Å². The number of hydrogen-bond acceptors (Lipinski definition) is 5. The second-order valence-corrected chi connectivity index (χ2v) is 6.06. The molecule has 0 aliphatic rings. The molecule has 1 aromatic carbocycles. The quantitative estimate of drug-likeness (QED) is 0.657. The minimum absolute atomic E-state index is 0.0718. The van der Waals surface area contributed by atoms with E-state index in [0.29, 0.717) is 0 Å². The number of aliphatic carboxylic acids is 1. The van der Waals surface area contributed by atoms with Crippen LogP contribution in [0.15, 0.2) is 23.1 Å². The first-order valence-corrected chi connectivity index (χ1v) is 7.26. The Morgan fingerprint density at radius 1 is 1.48 bits per heavy atom. The Kier molecular flexibility index (Phi) is 5.26. The first-order chi connectivity index (χ1) is 9.67. The highest BCUT2D eigenvalue weighted by atomic mass is 35.5. The van der Waals surface area contributed by atoms with Crippen molar-refractivity contribution >= 4 is 33.5 Å². The zero-order chi connectivity index (χ0) is 16.2. The van der Waals surface area contributed by atoms with Crippen LogP contribution < -0.4 is 10.5 Å².